The lowest BCUT2D eigenvalue weighted by atomic mass is 10.1. The highest BCUT2D eigenvalue weighted by molar-refractivity contribution is 7.14. The summed E-state index contributed by atoms with van der Waals surface area (Å²) in [6.07, 6.45) is 0. The van der Waals surface area contributed by atoms with Gasteiger partial charge in [0.1, 0.15) is 17.5 Å². The number of carbonyl (C=O) groups is 1. The number of nitrogens with two attached hydrogens (primary N) is 1. The van der Waals surface area contributed by atoms with Gasteiger partial charge in [-0.1, -0.05) is 6.07 Å². The van der Waals surface area contributed by atoms with Crippen molar-refractivity contribution in [1.29, 1.82) is 5.26 Å². The maximum Gasteiger partial charge on any atom is 0.265 e. The van der Waals surface area contributed by atoms with E-state index in [9.17, 15) is 4.79 Å². The molecule has 0 saturated carbocycles. The summed E-state index contributed by atoms with van der Waals surface area (Å²) in [6.45, 7) is 1.85. The number of nitrogens with zero attached hydrogens (tertiary/aromatic N) is 1. The summed E-state index contributed by atoms with van der Waals surface area (Å²) in [5.74, 6) is 0.134. The van der Waals surface area contributed by atoms with Gasteiger partial charge in [0, 0.05) is 10.6 Å². The molecule has 0 unspecified atom stereocenters. The van der Waals surface area contributed by atoms with E-state index in [1.807, 2.05) is 13.0 Å². The van der Waals surface area contributed by atoms with Crippen LogP contribution in [0.25, 0.3) is 0 Å². The number of benzene rings is 1. The van der Waals surface area contributed by atoms with Gasteiger partial charge in [0.05, 0.1) is 17.6 Å². The zero-order valence-corrected chi connectivity index (χ0v) is 11.9. The number of nitriles is 1. The number of nitrogen functional groups attached to an aromatic ring is 1. The van der Waals surface area contributed by atoms with Gasteiger partial charge in [-0.15, -0.1) is 11.3 Å². The van der Waals surface area contributed by atoms with Gasteiger partial charge in [-0.2, -0.15) is 5.26 Å². The van der Waals surface area contributed by atoms with Gasteiger partial charge in [0.25, 0.3) is 5.91 Å². The Morgan fingerprint density at radius 2 is 2.25 bits per heavy atom. The minimum atomic E-state index is -0.309. The van der Waals surface area contributed by atoms with E-state index in [0.717, 1.165) is 4.88 Å². The number of amides is 1. The van der Waals surface area contributed by atoms with Crippen molar-refractivity contribution in [2.75, 3.05) is 18.2 Å². The maximum atomic E-state index is 12.2. The van der Waals surface area contributed by atoms with E-state index in [0.29, 0.717) is 27.6 Å². The predicted molar refractivity (Wildman–Crippen MR) is 79.1 cm³/mol. The number of carbonyl (C=O) groups excluding carboxylic acids is 1. The summed E-state index contributed by atoms with van der Waals surface area (Å²) in [4.78, 5) is 13.6. The van der Waals surface area contributed by atoms with Crippen LogP contribution in [0.5, 0.6) is 5.75 Å². The molecule has 1 amide bonds. The third-order valence-corrected chi connectivity index (χ3v) is 3.85. The number of ether oxygens (including phenoxy) is 1. The second-order valence-corrected chi connectivity index (χ2v) is 5.33. The van der Waals surface area contributed by atoms with E-state index < -0.39 is 0 Å². The van der Waals surface area contributed by atoms with Crippen LogP contribution in [-0.4, -0.2) is 13.0 Å². The first kappa shape index (κ1) is 13.9. The van der Waals surface area contributed by atoms with Crippen molar-refractivity contribution >= 4 is 28.6 Å². The molecule has 0 radical (unpaired) electrons. The van der Waals surface area contributed by atoms with Crippen molar-refractivity contribution < 1.29 is 9.53 Å². The average Bonchev–Trinajstić information content (AvgIpc) is 2.79. The third-order valence-electron chi connectivity index (χ3n) is 2.79. The third kappa shape index (κ3) is 2.58. The molecule has 1 heterocycles. The van der Waals surface area contributed by atoms with Crippen molar-refractivity contribution in [2.45, 2.75) is 6.92 Å². The molecular weight excluding hydrogens is 274 g/mol. The van der Waals surface area contributed by atoms with Crippen LogP contribution in [0.15, 0.2) is 24.3 Å². The summed E-state index contributed by atoms with van der Waals surface area (Å²) < 4.78 is 5.17. The van der Waals surface area contributed by atoms with Crippen LogP contribution in [-0.2, 0) is 0 Å². The van der Waals surface area contributed by atoms with E-state index in [1.165, 1.54) is 18.4 Å². The minimum Gasteiger partial charge on any atom is -0.495 e. The fourth-order valence-corrected chi connectivity index (χ4v) is 2.54. The number of hydrogen-bond acceptors (Lipinski definition) is 5. The van der Waals surface area contributed by atoms with Crippen LogP contribution in [0, 0.1) is 18.3 Å². The van der Waals surface area contributed by atoms with Crippen LogP contribution in [0.4, 0.5) is 11.4 Å². The Morgan fingerprint density at radius 1 is 1.50 bits per heavy atom. The van der Waals surface area contributed by atoms with Gasteiger partial charge >= 0.3 is 0 Å². The summed E-state index contributed by atoms with van der Waals surface area (Å²) in [5, 5.41) is 11.8. The summed E-state index contributed by atoms with van der Waals surface area (Å²) >= 11 is 1.31. The van der Waals surface area contributed by atoms with Crippen LogP contribution in [0.1, 0.15) is 20.1 Å². The Bertz CT molecular complexity index is 681. The normalized spacial score (nSPS) is 9.85. The Kier molecular flexibility index (Phi) is 3.91. The molecule has 20 heavy (non-hydrogen) atoms. The molecule has 2 aromatic rings. The first-order valence-corrected chi connectivity index (χ1v) is 6.62. The van der Waals surface area contributed by atoms with Crippen LogP contribution < -0.4 is 15.8 Å². The van der Waals surface area contributed by atoms with Gasteiger partial charge in [-0.05, 0) is 25.1 Å². The molecular formula is C14H13N3O2S. The smallest absolute Gasteiger partial charge is 0.265 e. The fourth-order valence-electron chi connectivity index (χ4n) is 1.71. The van der Waals surface area contributed by atoms with Crippen LogP contribution >= 0.6 is 11.3 Å². The molecule has 0 aliphatic carbocycles. The van der Waals surface area contributed by atoms with Crippen molar-refractivity contribution in [1.82, 2.24) is 0 Å². The summed E-state index contributed by atoms with van der Waals surface area (Å²) in [7, 11) is 1.49. The van der Waals surface area contributed by atoms with E-state index in [2.05, 4.69) is 5.32 Å². The van der Waals surface area contributed by atoms with E-state index in [1.54, 1.807) is 24.3 Å². The molecule has 5 nitrogen and oxygen atoms in total. The Hall–Kier alpha value is -2.52. The summed E-state index contributed by atoms with van der Waals surface area (Å²) in [5.41, 5.74) is 7.04. The van der Waals surface area contributed by atoms with Gasteiger partial charge in [0.2, 0.25) is 0 Å². The lowest BCUT2D eigenvalue weighted by Gasteiger charge is -2.10. The van der Waals surface area contributed by atoms with Gasteiger partial charge in [-0.3, -0.25) is 4.79 Å². The largest absolute Gasteiger partial charge is 0.495 e. The summed E-state index contributed by atoms with van der Waals surface area (Å²) in [6, 6.07) is 8.65. The highest BCUT2D eigenvalue weighted by atomic mass is 32.1. The number of para-hydroxylation sites is 1. The first-order chi connectivity index (χ1) is 9.56. The van der Waals surface area contributed by atoms with Crippen LogP contribution in [0.2, 0.25) is 0 Å². The topological polar surface area (TPSA) is 88.1 Å². The lowest BCUT2D eigenvalue weighted by molar-refractivity contribution is 0.103. The number of aryl methyl sites for hydroxylation is 1. The molecule has 0 fully saturated rings. The molecule has 1 aromatic heterocycles. The molecule has 1 aromatic carbocycles. The molecule has 102 valence electrons. The standard InChI is InChI=1S/C14H13N3O2S/c1-8-10(16)6-12(20-8)14(18)17-13-9(7-15)4-3-5-11(13)19-2/h3-6H,16H2,1-2H3,(H,17,18). The molecule has 0 atom stereocenters. The first-order valence-electron chi connectivity index (χ1n) is 5.81. The number of nitrogens with one attached hydrogen (secondary N) is 1. The monoisotopic (exact) mass is 287 g/mol. The fraction of sp³-hybridized carbons (Fsp3) is 0.143. The Labute approximate surface area is 120 Å². The molecule has 0 bridgehead atoms. The average molecular weight is 287 g/mol. The number of thiophene rings is 1. The maximum absolute atomic E-state index is 12.2. The van der Waals surface area contributed by atoms with Crippen molar-refractivity contribution in [3.05, 3.63) is 39.6 Å². The van der Waals surface area contributed by atoms with Gasteiger partial charge in [0.15, 0.2) is 0 Å². The SMILES string of the molecule is COc1cccc(C#N)c1NC(=O)c1cc(N)c(C)s1. The lowest BCUT2D eigenvalue weighted by Crippen LogP contribution is -2.12. The van der Waals surface area contributed by atoms with E-state index >= 15 is 0 Å². The minimum absolute atomic E-state index is 0.309. The van der Waals surface area contributed by atoms with Gasteiger partial charge < -0.3 is 15.8 Å². The van der Waals surface area contributed by atoms with Crippen molar-refractivity contribution in [3.8, 4) is 11.8 Å². The molecule has 0 spiro atoms. The second-order valence-electron chi connectivity index (χ2n) is 4.07. The zero-order chi connectivity index (χ0) is 14.7. The molecule has 0 saturated heterocycles. The Morgan fingerprint density at radius 3 is 2.80 bits per heavy atom. The highest BCUT2D eigenvalue weighted by Crippen LogP contribution is 2.30. The second kappa shape index (κ2) is 5.63. The molecule has 0 aliphatic heterocycles. The van der Waals surface area contributed by atoms with Crippen molar-refractivity contribution in [3.63, 3.8) is 0 Å². The number of anilines is 2. The molecule has 2 rings (SSSR count). The quantitative estimate of drug-likeness (QED) is 0.908. The van der Waals surface area contributed by atoms with Gasteiger partial charge in [-0.25, -0.2) is 0 Å². The number of methoxy groups -OCH3 is 1. The number of rotatable bonds is 3. The van der Waals surface area contributed by atoms with Crippen molar-refractivity contribution in [2.24, 2.45) is 0 Å². The number of hydrogen-bond donors (Lipinski definition) is 2. The molecule has 3 N–H and O–H groups in total. The van der Waals surface area contributed by atoms with E-state index in [4.69, 9.17) is 15.7 Å². The Balaban J connectivity index is 2.35. The predicted octanol–water partition coefficient (Wildman–Crippen LogP) is 2.77. The molecule has 0 aliphatic rings. The van der Waals surface area contributed by atoms with E-state index in [-0.39, 0.29) is 5.91 Å². The molecule has 6 heteroatoms. The van der Waals surface area contributed by atoms with Crippen LogP contribution in [0.3, 0.4) is 0 Å². The zero-order valence-electron chi connectivity index (χ0n) is 11.1. The highest BCUT2D eigenvalue weighted by Gasteiger charge is 2.16.